The number of rotatable bonds is 4. The summed E-state index contributed by atoms with van der Waals surface area (Å²) in [7, 11) is 0. The Morgan fingerprint density at radius 2 is 1.66 bits per heavy atom. The Morgan fingerprint density at radius 1 is 0.938 bits per heavy atom. The zero-order valence-corrected chi connectivity index (χ0v) is 16.3. The van der Waals surface area contributed by atoms with Crippen LogP contribution in [0.15, 0.2) is 36.1 Å². The number of phenolic OH excluding ortho intramolecular Hbond substituents is 3. The zero-order chi connectivity index (χ0) is 23.2. The van der Waals surface area contributed by atoms with E-state index in [2.05, 4.69) is 0 Å². The van der Waals surface area contributed by atoms with E-state index < -0.39 is 54.6 Å². The topological polar surface area (TPSA) is 186 Å². The van der Waals surface area contributed by atoms with Gasteiger partial charge in [0.2, 0.25) is 17.8 Å². The van der Waals surface area contributed by atoms with E-state index in [1.165, 1.54) is 30.3 Å². The summed E-state index contributed by atoms with van der Waals surface area (Å²) in [4.78, 5) is 12.7. The van der Waals surface area contributed by atoms with Crippen LogP contribution in [0, 0.1) is 0 Å². The molecule has 0 unspecified atom stereocenters. The molecule has 0 radical (unpaired) electrons. The Balaban J connectivity index is 1.65. The second-order valence-electron chi connectivity index (χ2n) is 7.29. The molecule has 0 amide bonds. The SMILES string of the molecule is O=C1/C(=C/c2ccc(O)c(O)c2)Oc2c1ccc(O)c2O[C@@H]1O[C@H](CO)[C@@H](O)[C@H](O)[C@H]1O. The summed E-state index contributed by atoms with van der Waals surface area (Å²) in [6.45, 7) is -0.676. The monoisotopic (exact) mass is 448 g/mol. The van der Waals surface area contributed by atoms with Gasteiger partial charge in [0.05, 0.1) is 12.2 Å². The molecule has 4 rings (SSSR count). The maximum absolute atomic E-state index is 12.7. The maximum Gasteiger partial charge on any atom is 0.232 e. The highest BCUT2D eigenvalue weighted by molar-refractivity contribution is 6.15. The van der Waals surface area contributed by atoms with Crippen LogP contribution in [0.3, 0.4) is 0 Å². The van der Waals surface area contributed by atoms with Gasteiger partial charge >= 0.3 is 0 Å². The molecule has 2 aromatic carbocycles. The number of aliphatic hydroxyl groups is 4. The molecular weight excluding hydrogens is 428 g/mol. The lowest BCUT2D eigenvalue weighted by atomic mass is 9.99. The van der Waals surface area contributed by atoms with E-state index >= 15 is 0 Å². The molecule has 2 heterocycles. The standard InChI is InChI=1S/C21H20O11/c22-7-14-16(27)17(28)18(29)21(31-14)32-20-11(24)4-2-9-15(26)13(30-19(9)20)6-8-1-3-10(23)12(25)5-8/h1-6,14,16-18,21-25,27-29H,7H2/b13-6-/t14-,16-,17+,18-,21+/m1/s1. The molecule has 5 atom stereocenters. The highest BCUT2D eigenvalue weighted by atomic mass is 16.7. The maximum atomic E-state index is 12.7. The summed E-state index contributed by atoms with van der Waals surface area (Å²) >= 11 is 0. The number of aromatic hydroxyl groups is 3. The van der Waals surface area contributed by atoms with Gasteiger partial charge in [-0.2, -0.15) is 0 Å². The van der Waals surface area contributed by atoms with Gasteiger partial charge in [-0.3, -0.25) is 4.79 Å². The highest BCUT2D eigenvalue weighted by Gasteiger charge is 2.45. The van der Waals surface area contributed by atoms with Gasteiger partial charge in [-0.1, -0.05) is 6.07 Å². The number of fused-ring (bicyclic) bond motifs is 1. The van der Waals surface area contributed by atoms with Gasteiger partial charge in [0.25, 0.3) is 0 Å². The molecule has 0 spiro atoms. The molecule has 0 saturated carbocycles. The van der Waals surface area contributed by atoms with Crippen LogP contribution in [-0.2, 0) is 4.74 Å². The number of hydrogen-bond acceptors (Lipinski definition) is 11. The van der Waals surface area contributed by atoms with Crippen molar-refractivity contribution < 1.29 is 54.8 Å². The summed E-state index contributed by atoms with van der Waals surface area (Å²) in [5, 5.41) is 68.6. The van der Waals surface area contributed by atoms with Gasteiger partial charge in [0, 0.05) is 0 Å². The van der Waals surface area contributed by atoms with Crippen molar-refractivity contribution in [1.82, 2.24) is 0 Å². The molecule has 2 aliphatic rings. The lowest BCUT2D eigenvalue weighted by Crippen LogP contribution is -2.60. The molecule has 32 heavy (non-hydrogen) atoms. The molecule has 170 valence electrons. The van der Waals surface area contributed by atoms with Crippen LogP contribution in [-0.4, -0.2) is 78.8 Å². The third kappa shape index (κ3) is 3.72. The fourth-order valence-electron chi connectivity index (χ4n) is 3.39. The molecule has 7 N–H and O–H groups in total. The van der Waals surface area contributed by atoms with Crippen LogP contribution in [0.2, 0.25) is 0 Å². The summed E-state index contributed by atoms with van der Waals surface area (Å²) in [6, 6.07) is 6.33. The van der Waals surface area contributed by atoms with Gasteiger partial charge in [-0.05, 0) is 35.9 Å². The fraction of sp³-hybridized carbons (Fsp3) is 0.286. The van der Waals surface area contributed by atoms with E-state index in [1.54, 1.807) is 0 Å². The number of carbonyl (C=O) groups excluding carboxylic acids is 1. The molecule has 0 bridgehead atoms. The molecule has 1 saturated heterocycles. The van der Waals surface area contributed by atoms with Gasteiger partial charge in [0.1, 0.15) is 24.4 Å². The van der Waals surface area contributed by atoms with E-state index in [9.17, 15) is 40.5 Å². The predicted octanol–water partition coefficient (Wildman–Crippen LogP) is -0.402. The summed E-state index contributed by atoms with van der Waals surface area (Å²) < 4.78 is 16.3. The second-order valence-corrected chi connectivity index (χ2v) is 7.29. The Bertz CT molecular complexity index is 1080. The van der Waals surface area contributed by atoms with E-state index in [-0.39, 0.29) is 28.6 Å². The summed E-state index contributed by atoms with van der Waals surface area (Å²) in [5.74, 6) is -2.48. The number of allylic oxidation sites excluding steroid dienone is 1. The summed E-state index contributed by atoms with van der Waals surface area (Å²) in [5.41, 5.74) is 0.369. The van der Waals surface area contributed by atoms with E-state index in [0.717, 1.165) is 6.07 Å². The lowest BCUT2D eigenvalue weighted by molar-refractivity contribution is -0.277. The Labute approximate surface area is 180 Å². The van der Waals surface area contributed by atoms with Gasteiger partial charge < -0.3 is 50.0 Å². The quantitative estimate of drug-likeness (QED) is 0.238. The molecule has 2 aromatic rings. The molecule has 11 heteroatoms. The van der Waals surface area contributed by atoms with E-state index in [0.29, 0.717) is 5.56 Å². The van der Waals surface area contributed by atoms with Gasteiger partial charge in [0.15, 0.2) is 28.8 Å². The van der Waals surface area contributed by atoms with Crippen LogP contribution in [0.1, 0.15) is 15.9 Å². The first-order valence-electron chi connectivity index (χ1n) is 9.50. The predicted molar refractivity (Wildman–Crippen MR) is 105 cm³/mol. The van der Waals surface area contributed by atoms with Gasteiger partial charge in [-0.15, -0.1) is 0 Å². The molecule has 2 aliphatic heterocycles. The Morgan fingerprint density at radius 3 is 2.34 bits per heavy atom. The molecule has 0 aromatic heterocycles. The second kappa shape index (κ2) is 8.30. The normalized spacial score (nSPS) is 28.4. The minimum Gasteiger partial charge on any atom is -0.504 e. The highest BCUT2D eigenvalue weighted by Crippen LogP contribution is 2.46. The van der Waals surface area contributed by atoms with Crippen LogP contribution in [0.4, 0.5) is 0 Å². The molecule has 0 aliphatic carbocycles. The van der Waals surface area contributed by atoms with E-state index in [4.69, 9.17) is 14.2 Å². The zero-order valence-electron chi connectivity index (χ0n) is 16.3. The Kier molecular flexibility index (Phi) is 5.67. The van der Waals surface area contributed by atoms with Crippen LogP contribution in [0.5, 0.6) is 28.7 Å². The average molecular weight is 448 g/mol. The van der Waals surface area contributed by atoms with Gasteiger partial charge in [-0.25, -0.2) is 0 Å². The van der Waals surface area contributed by atoms with Crippen molar-refractivity contribution >= 4 is 11.9 Å². The van der Waals surface area contributed by atoms with Crippen LogP contribution in [0.25, 0.3) is 6.08 Å². The molecular formula is C21H20O11. The molecule has 1 fully saturated rings. The van der Waals surface area contributed by atoms with Crippen molar-refractivity contribution in [1.29, 1.82) is 0 Å². The number of ketones is 1. The van der Waals surface area contributed by atoms with Crippen molar-refractivity contribution in [2.24, 2.45) is 0 Å². The number of Topliss-reactive ketones (excluding diaryl/α,β-unsaturated/α-hetero) is 1. The largest absolute Gasteiger partial charge is 0.504 e. The number of aliphatic hydroxyl groups excluding tert-OH is 4. The minimum absolute atomic E-state index is 0.0247. The van der Waals surface area contributed by atoms with Crippen molar-refractivity contribution in [3.63, 3.8) is 0 Å². The average Bonchev–Trinajstić information content (AvgIpc) is 3.08. The van der Waals surface area contributed by atoms with Crippen LogP contribution >= 0.6 is 0 Å². The number of carbonyl (C=O) groups is 1. The van der Waals surface area contributed by atoms with Crippen molar-refractivity contribution in [2.75, 3.05) is 6.61 Å². The lowest BCUT2D eigenvalue weighted by Gasteiger charge is -2.39. The van der Waals surface area contributed by atoms with Crippen molar-refractivity contribution in [3.05, 3.63) is 47.2 Å². The first-order valence-corrected chi connectivity index (χ1v) is 9.50. The third-order valence-electron chi connectivity index (χ3n) is 5.15. The minimum atomic E-state index is -1.74. The summed E-state index contributed by atoms with van der Waals surface area (Å²) in [6.07, 6.45) is -6.59. The number of hydrogen-bond donors (Lipinski definition) is 7. The van der Waals surface area contributed by atoms with Crippen LogP contribution < -0.4 is 9.47 Å². The number of benzene rings is 2. The first-order chi connectivity index (χ1) is 15.2. The molecule has 11 nitrogen and oxygen atoms in total. The fourth-order valence-corrected chi connectivity index (χ4v) is 3.39. The Hall–Kier alpha value is -3.35. The van der Waals surface area contributed by atoms with Crippen molar-refractivity contribution in [2.45, 2.75) is 30.7 Å². The first kappa shape index (κ1) is 21.9. The number of phenols is 3. The van der Waals surface area contributed by atoms with Crippen molar-refractivity contribution in [3.8, 4) is 28.7 Å². The third-order valence-corrected chi connectivity index (χ3v) is 5.15. The smallest absolute Gasteiger partial charge is 0.232 e. The van der Waals surface area contributed by atoms with E-state index in [1.807, 2.05) is 0 Å². The number of ether oxygens (including phenoxy) is 3.